The molecule has 0 radical (unpaired) electrons. The first kappa shape index (κ1) is 19.2. The maximum Gasteiger partial charge on any atom is 0.412 e. The van der Waals surface area contributed by atoms with Crippen LogP contribution < -0.4 is 10.1 Å². The highest BCUT2D eigenvalue weighted by molar-refractivity contribution is 5.70. The van der Waals surface area contributed by atoms with Crippen LogP contribution >= 0.6 is 0 Å². The highest BCUT2D eigenvalue weighted by Crippen LogP contribution is 2.48. The summed E-state index contributed by atoms with van der Waals surface area (Å²) in [6.07, 6.45) is 7.91. The molecule has 0 aromatic heterocycles. The van der Waals surface area contributed by atoms with Gasteiger partial charge in [0.1, 0.15) is 5.75 Å². The molecule has 144 valence electrons. The molecule has 0 bridgehead atoms. The summed E-state index contributed by atoms with van der Waals surface area (Å²) < 4.78 is 5.55. The summed E-state index contributed by atoms with van der Waals surface area (Å²) in [5.41, 5.74) is 2.99. The Morgan fingerprint density at radius 3 is 2.85 bits per heavy atom. The zero-order valence-electron chi connectivity index (χ0n) is 16.6. The topological polar surface area (TPSA) is 41.6 Å². The summed E-state index contributed by atoms with van der Waals surface area (Å²) in [6.45, 7) is 9.80. The molecule has 4 heteroatoms. The Labute approximate surface area is 158 Å². The van der Waals surface area contributed by atoms with E-state index < -0.39 is 0 Å². The lowest BCUT2D eigenvalue weighted by Gasteiger charge is -2.29. The van der Waals surface area contributed by atoms with Gasteiger partial charge in [0, 0.05) is 18.0 Å². The molecule has 1 fully saturated rings. The van der Waals surface area contributed by atoms with Gasteiger partial charge >= 0.3 is 6.09 Å². The number of amides is 1. The summed E-state index contributed by atoms with van der Waals surface area (Å²) >= 11 is 0. The number of carbonyl (C=O) groups is 1. The average Bonchev–Trinajstić information content (AvgIpc) is 3.10. The van der Waals surface area contributed by atoms with Gasteiger partial charge in [0.05, 0.1) is 0 Å². The second kappa shape index (κ2) is 8.43. The van der Waals surface area contributed by atoms with E-state index in [-0.39, 0.29) is 11.5 Å². The van der Waals surface area contributed by atoms with Gasteiger partial charge in [-0.3, -0.25) is 4.90 Å². The maximum atomic E-state index is 12.1. The highest BCUT2D eigenvalue weighted by Gasteiger charge is 2.49. The van der Waals surface area contributed by atoms with E-state index in [1.54, 1.807) is 0 Å². The smallest absolute Gasteiger partial charge is 0.410 e. The van der Waals surface area contributed by atoms with Crippen LogP contribution in [0.15, 0.2) is 18.2 Å². The molecule has 2 aliphatic rings. The molecule has 1 saturated heterocycles. The largest absolute Gasteiger partial charge is 0.412 e. The zero-order valence-corrected chi connectivity index (χ0v) is 16.6. The lowest BCUT2D eigenvalue weighted by atomic mass is 9.80. The molecule has 2 atom stereocenters. The Bertz CT molecular complexity index is 631. The van der Waals surface area contributed by atoms with E-state index in [0.29, 0.717) is 18.3 Å². The highest BCUT2D eigenvalue weighted by atomic mass is 16.6. The van der Waals surface area contributed by atoms with Crippen molar-refractivity contribution in [1.82, 2.24) is 10.2 Å². The first-order valence-corrected chi connectivity index (χ1v) is 10.4. The summed E-state index contributed by atoms with van der Waals surface area (Å²) in [4.78, 5) is 14.7. The SMILES string of the molecule is CCCCCCCNC(=O)Oc1ccc2c(c1)[C@@]1(C)CCN(CC)[C@H]1C2. The molecule has 1 amide bonds. The number of likely N-dealkylation sites (tertiary alicyclic amines) is 1. The first-order chi connectivity index (χ1) is 12.6. The van der Waals surface area contributed by atoms with Crippen LogP contribution in [0.4, 0.5) is 4.79 Å². The fourth-order valence-corrected chi connectivity index (χ4v) is 4.75. The van der Waals surface area contributed by atoms with Gasteiger partial charge in [0.2, 0.25) is 0 Å². The van der Waals surface area contributed by atoms with E-state index in [4.69, 9.17) is 4.74 Å². The van der Waals surface area contributed by atoms with Crippen molar-refractivity contribution >= 4 is 6.09 Å². The van der Waals surface area contributed by atoms with Gasteiger partial charge in [0.15, 0.2) is 0 Å². The van der Waals surface area contributed by atoms with Crippen molar-refractivity contribution in [2.24, 2.45) is 0 Å². The Balaban J connectivity index is 1.55. The minimum absolute atomic E-state index is 0.195. The molecular formula is C22H34N2O2. The zero-order chi connectivity index (χ0) is 18.6. The number of nitrogens with zero attached hydrogens (tertiary/aromatic N) is 1. The van der Waals surface area contributed by atoms with Crippen LogP contribution in [0.5, 0.6) is 5.75 Å². The van der Waals surface area contributed by atoms with Gasteiger partial charge in [0.25, 0.3) is 0 Å². The van der Waals surface area contributed by atoms with Crippen LogP contribution in [0, 0.1) is 0 Å². The normalized spacial score (nSPS) is 24.3. The van der Waals surface area contributed by atoms with Gasteiger partial charge in [-0.2, -0.15) is 0 Å². The van der Waals surface area contributed by atoms with Crippen LogP contribution in [-0.4, -0.2) is 36.7 Å². The fraction of sp³-hybridized carbons (Fsp3) is 0.682. The van der Waals surface area contributed by atoms with Gasteiger partial charge in [-0.15, -0.1) is 0 Å². The number of benzene rings is 1. The van der Waals surface area contributed by atoms with Gasteiger partial charge in [-0.1, -0.05) is 52.5 Å². The van der Waals surface area contributed by atoms with E-state index in [0.717, 1.165) is 19.4 Å². The molecule has 1 aliphatic carbocycles. The number of unbranched alkanes of at least 4 members (excludes halogenated alkanes) is 4. The Hall–Kier alpha value is -1.55. The van der Waals surface area contributed by atoms with E-state index >= 15 is 0 Å². The van der Waals surface area contributed by atoms with Crippen molar-refractivity contribution in [3.05, 3.63) is 29.3 Å². The molecule has 3 rings (SSSR count). The van der Waals surface area contributed by atoms with Crippen molar-refractivity contribution < 1.29 is 9.53 Å². The Morgan fingerprint density at radius 2 is 2.08 bits per heavy atom. The average molecular weight is 359 g/mol. The van der Waals surface area contributed by atoms with E-state index in [2.05, 4.69) is 43.1 Å². The minimum Gasteiger partial charge on any atom is -0.410 e. The number of carbonyl (C=O) groups excluding carboxylic acids is 1. The molecule has 1 N–H and O–H groups in total. The number of fused-ring (bicyclic) bond motifs is 3. The van der Waals surface area contributed by atoms with Crippen molar-refractivity contribution in [3.8, 4) is 5.75 Å². The van der Waals surface area contributed by atoms with E-state index in [1.807, 2.05) is 6.07 Å². The fourth-order valence-electron chi connectivity index (χ4n) is 4.75. The molecule has 0 unspecified atom stereocenters. The van der Waals surface area contributed by atoms with Crippen molar-refractivity contribution in [2.45, 2.75) is 77.2 Å². The monoisotopic (exact) mass is 358 g/mol. The van der Waals surface area contributed by atoms with Gasteiger partial charge in [-0.05, 0) is 55.6 Å². The van der Waals surface area contributed by atoms with Crippen LogP contribution in [0.1, 0.15) is 70.4 Å². The molecule has 0 saturated carbocycles. The first-order valence-electron chi connectivity index (χ1n) is 10.4. The van der Waals surface area contributed by atoms with Crippen molar-refractivity contribution in [1.29, 1.82) is 0 Å². The third-order valence-electron chi connectivity index (χ3n) is 6.37. The third-order valence-corrected chi connectivity index (χ3v) is 6.37. The lowest BCUT2D eigenvalue weighted by molar-refractivity contribution is 0.200. The number of nitrogens with one attached hydrogen (secondary N) is 1. The summed E-state index contributed by atoms with van der Waals surface area (Å²) in [5, 5.41) is 2.88. The quantitative estimate of drug-likeness (QED) is 0.688. The molecule has 1 aromatic carbocycles. The van der Waals surface area contributed by atoms with Crippen molar-refractivity contribution in [3.63, 3.8) is 0 Å². The molecule has 4 nitrogen and oxygen atoms in total. The minimum atomic E-state index is -0.332. The van der Waals surface area contributed by atoms with E-state index in [9.17, 15) is 4.79 Å². The number of ether oxygens (including phenoxy) is 1. The molecule has 26 heavy (non-hydrogen) atoms. The molecule has 1 aliphatic heterocycles. The second-order valence-corrected chi connectivity index (χ2v) is 8.07. The van der Waals surface area contributed by atoms with Crippen LogP contribution in [0.2, 0.25) is 0 Å². The predicted molar refractivity (Wildman–Crippen MR) is 106 cm³/mol. The summed E-state index contributed by atoms with van der Waals surface area (Å²) in [6, 6.07) is 6.80. The lowest BCUT2D eigenvalue weighted by Crippen LogP contribution is -2.37. The van der Waals surface area contributed by atoms with Crippen molar-refractivity contribution in [2.75, 3.05) is 19.6 Å². The van der Waals surface area contributed by atoms with Crippen LogP contribution in [0.25, 0.3) is 0 Å². The Kier molecular flexibility index (Phi) is 6.23. The van der Waals surface area contributed by atoms with E-state index in [1.165, 1.54) is 49.8 Å². The maximum absolute atomic E-state index is 12.1. The van der Waals surface area contributed by atoms with Gasteiger partial charge < -0.3 is 10.1 Å². The Morgan fingerprint density at radius 1 is 1.27 bits per heavy atom. The second-order valence-electron chi connectivity index (χ2n) is 8.07. The molecule has 0 spiro atoms. The molecule has 1 aromatic rings. The van der Waals surface area contributed by atoms with Crippen LogP contribution in [-0.2, 0) is 11.8 Å². The number of rotatable bonds is 8. The number of hydrogen-bond donors (Lipinski definition) is 1. The molecular weight excluding hydrogens is 324 g/mol. The number of hydrogen-bond acceptors (Lipinski definition) is 3. The summed E-state index contributed by atoms with van der Waals surface area (Å²) in [7, 11) is 0. The third kappa shape index (κ3) is 3.90. The van der Waals surface area contributed by atoms with Crippen LogP contribution in [0.3, 0.4) is 0 Å². The molecule has 1 heterocycles. The predicted octanol–water partition coefficient (Wildman–Crippen LogP) is 4.65. The van der Waals surface area contributed by atoms with Gasteiger partial charge in [-0.25, -0.2) is 4.79 Å². The number of likely N-dealkylation sites (N-methyl/N-ethyl adjacent to an activating group) is 1. The standard InChI is InChI=1S/C22H34N2O2/c1-4-6-7-8-9-13-23-21(25)26-18-11-10-17-15-20-22(3,19(17)16-18)12-14-24(20)5-2/h10-11,16,20H,4-9,12-15H2,1-3H3,(H,23,25)/t20-,22+/m0/s1. The summed E-state index contributed by atoms with van der Waals surface area (Å²) in [5.74, 6) is 0.670.